The minimum atomic E-state index is -0.405. The van der Waals surface area contributed by atoms with Crippen LogP contribution >= 0.6 is 0 Å². The van der Waals surface area contributed by atoms with Crippen molar-refractivity contribution >= 4 is 23.0 Å². The summed E-state index contributed by atoms with van der Waals surface area (Å²) < 4.78 is 5.34. The van der Waals surface area contributed by atoms with E-state index in [2.05, 4.69) is 11.4 Å². The van der Waals surface area contributed by atoms with E-state index in [1.54, 1.807) is 0 Å². The maximum atomic E-state index is 13.1. The molecule has 0 bridgehead atoms. The van der Waals surface area contributed by atoms with Gasteiger partial charge in [0.05, 0.1) is 13.2 Å². The van der Waals surface area contributed by atoms with Crippen molar-refractivity contribution in [1.82, 2.24) is 0 Å². The summed E-state index contributed by atoms with van der Waals surface area (Å²) in [5.74, 6) is 0.753. The summed E-state index contributed by atoms with van der Waals surface area (Å²) in [5.41, 5.74) is 2.55. The van der Waals surface area contributed by atoms with Gasteiger partial charge in [0, 0.05) is 37.8 Å². The van der Waals surface area contributed by atoms with Crippen molar-refractivity contribution < 1.29 is 9.53 Å². The molecule has 2 aliphatic heterocycles. The van der Waals surface area contributed by atoms with Crippen LogP contribution in [-0.2, 0) is 16.0 Å². The number of rotatable bonds is 5. The molecule has 2 aromatic rings. The van der Waals surface area contributed by atoms with Crippen LogP contribution in [0.25, 0.3) is 0 Å². The zero-order valence-electron chi connectivity index (χ0n) is 17.8. The number of anilines is 3. The number of nitrogens with zero attached hydrogens (tertiary/aromatic N) is 2. The lowest BCUT2D eigenvalue weighted by Gasteiger charge is -2.33. The maximum absolute atomic E-state index is 13.1. The molecule has 0 spiro atoms. The van der Waals surface area contributed by atoms with Crippen LogP contribution in [-0.4, -0.2) is 45.3 Å². The van der Waals surface area contributed by atoms with Gasteiger partial charge in [0.1, 0.15) is 11.4 Å². The molecule has 1 aliphatic carbocycles. The van der Waals surface area contributed by atoms with Crippen LogP contribution in [0.5, 0.6) is 0 Å². The first kappa shape index (κ1) is 20.2. The van der Waals surface area contributed by atoms with Crippen LogP contribution in [0.3, 0.4) is 0 Å². The number of fused-ring (bicyclic) bond motifs is 1. The molecule has 0 aromatic heterocycles. The molecule has 5 rings (SSSR count). The number of morpholine rings is 1. The van der Waals surface area contributed by atoms with Crippen molar-refractivity contribution in [3.8, 4) is 0 Å². The number of carbonyl (C=O) groups is 1. The Hall–Kier alpha value is -2.67. The molecule has 2 fully saturated rings. The largest absolute Gasteiger partial charge is 0.380 e. The molecule has 1 amide bonds. The van der Waals surface area contributed by atoms with Crippen LogP contribution in [0.2, 0.25) is 0 Å². The maximum Gasteiger partial charge on any atom is 0.253 e. The molecule has 2 heterocycles. The van der Waals surface area contributed by atoms with E-state index < -0.39 is 5.43 Å². The van der Waals surface area contributed by atoms with Gasteiger partial charge in [-0.15, -0.1) is 0 Å². The molecule has 1 N–H and O–H groups in total. The van der Waals surface area contributed by atoms with E-state index in [1.165, 1.54) is 5.56 Å². The Morgan fingerprint density at radius 3 is 2.52 bits per heavy atom. The predicted molar refractivity (Wildman–Crippen MR) is 121 cm³/mol. The van der Waals surface area contributed by atoms with Gasteiger partial charge in [-0.25, -0.2) is 0 Å². The van der Waals surface area contributed by atoms with Gasteiger partial charge < -0.3 is 19.9 Å². The molecule has 1 saturated carbocycles. The van der Waals surface area contributed by atoms with Crippen molar-refractivity contribution in [3.63, 3.8) is 0 Å². The van der Waals surface area contributed by atoms with Gasteiger partial charge >= 0.3 is 0 Å². The normalized spacial score (nSPS) is 23.7. The Morgan fingerprint density at radius 2 is 1.74 bits per heavy atom. The lowest BCUT2D eigenvalue weighted by Crippen LogP contribution is -2.47. The Kier molecular flexibility index (Phi) is 5.52. The van der Waals surface area contributed by atoms with Gasteiger partial charge in [-0.2, -0.15) is 0 Å². The van der Waals surface area contributed by atoms with E-state index >= 15 is 0 Å². The van der Waals surface area contributed by atoms with Crippen LogP contribution < -0.4 is 26.0 Å². The van der Waals surface area contributed by atoms with E-state index in [1.807, 2.05) is 28.0 Å². The molecule has 2 aromatic carbocycles. The molecule has 31 heavy (non-hydrogen) atoms. The number of hydrogen-bond donors (Lipinski definition) is 1. The van der Waals surface area contributed by atoms with E-state index in [4.69, 9.17) is 4.74 Å². The van der Waals surface area contributed by atoms with E-state index in [0.717, 1.165) is 44.3 Å². The first-order valence-electron chi connectivity index (χ1n) is 11.4. The first-order valence-corrected chi connectivity index (χ1v) is 11.4. The number of carbonyl (C=O) groups excluding carboxylic acids is 1. The zero-order chi connectivity index (χ0) is 21.4. The van der Waals surface area contributed by atoms with Gasteiger partial charge in [0.25, 0.3) is 10.9 Å². The standard InChI is InChI=1S/C24H29N3O4/c28-22-20(21(23(22)29)26-11-13-31-14-12-26)25-15-16-5-7-18(8-6-16)24(30)27-10-9-17-3-1-2-4-19(17)27/h1-4,16,18,25H,5-15H2. The smallest absolute Gasteiger partial charge is 0.253 e. The highest BCUT2D eigenvalue weighted by Crippen LogP contribution is 2.35. The molecular weight excluding hydrogens is 394 g/mol. The monoisotopic (exact) mass is 423 g/mol. The molecule has 1 saturated heterocycles. The Morgan fingerprint density at radius 1 is 1.00 bits per heavy atom. The van der Waals surface area contributed by atoms with Crippen molar-refractivity contribution in [1.29, 1.82) is 0 Å². The molecule has 7 nitrogen and oxygen atoms in total. The second-order valence-electron chi connectivity index (χ2n) is 8.95. The van der Waals surface area contributed by atoms with Crippen molar-refractivity contribution in [2.75, 3.05) is 54.5 Å². The minimum absolute atomic E-state index is 0.0810. The fourth-order valence-electron chi connectivity index (χ4n) is 5.28. The van der Waals surface area contributed by atoms with Gasteiger partial charge in [-0.1, -0.05) is 18.2 Å². The lowest BCUT2D eigenvalue weighted by molar-refractivity contribution is -0.123. The fourth-order valence-corrected chi connectivity index (χ4v) is 5.28. The number of para-hydroxylation sites is 1. The highest BCUT2D eigenvalue weighted by atomic mass is 16.5. The SMILES string of the molecule is O=C(C1CCC(CNc2c(N3CCOCC3)c(=O)c2=O)CC1)N1CCc2ccccc21. The molecule has 3 aliphatic rings. The van der Waals surface area contributed by atoms with E-state index in [0.29, 0.717) is 50.1 Å². The van der Waals surface area contributed by atoms with Gasteiger partial charge in [-0.05, 0) is 49.7 Å². The van der Waals surface area contributed by atoms with Crippen molar-refractivity contribution in [2.45, 2.75) is 32.1 Å². The third kappa shape index (κ3) is 3.76. The number of amides is 1. The zero-order valence-corrected chi connectivity index (χ0v) is 17.8. The summed E-state index contributed by atoms with van der Waals surface area (Å²) in [6, 6.07) is 8.19. The topological polar surface area (TPSA) is 79.0 Å². The van der Waals surface area contributed by atoms with Gasteiger partial charge in [0.2, 0.25) is 5.91 Å². The predicted octanol–water partition coefficient (Wildman–Crippen LogP) is 1.93. The Labute approximate surface area is 181 Å². The summed E-state index contributed by atoms with van der Waals surface area (Å²) in [6.45, 7) is 3.91. The first-order chi connectivity index (χ1) is 15.1. The second kappa shape index (κ2) is 8.46. The summed E-state index contributed by atoms with van der Waals surface area (Å²) in [6.07, 6.45) is 4.62. The number of ether oxygens (including phenoxy) is 1. The highest BCUT2D eigenvalue weighted by molar-refractivity contribution is 5.97. The molecule has 0 unspecified atom stereocenters. The van der Waals surface area contributed by atoms with Crippen LogP contribution in [0.15, 0.2) is 33.9 Å². The summed E-state index contributed by atoms with van der Waals surface area (Å²) in [5, 5.41) is 3.26. The lowest BCUT2D eigenvalue weighted by atomic mass is 9.81. The highest BCUT2D eigenvalue weighted by Gasteiger charge is 2.33. The second-order valence-corrected chi connectivity index (χ2v) is 8.95. The third-order valence-electron chi connectivity index (χ3n) is 7.13. The Balaban J connectivity index is 1.15. The summed E-state index contributed by atoms with van der Waals surface area (Å²) >= 11 is 0. The van der Waals surface area contributed by atoms with Crippen LogP contribution in [0.1, 0.15) is 31.2 Å². The molecule has 0 atom stereocenters. The molecular formula is C24H29N3O4. The van der Waals surface area contributed by atoms with Crippen molar-refractivity contribution in [2.24, 2.45) is 11.8 Å². The number of hydrogen-bond acceptors (Lipinski definition) is 6. The third-order valence-corrected chi connectivity index (χ3v) is 7.13. The number of benzene rings is 1. The molecule has 7 heteroatoms. The van der Waals surface area contributed by atoms with Crippen LogP contribution in [0, 0.1) is 11.8 Å². The quantitative estimate of drug-likeness (QED) is 0.741. The minimum Gasteiger partial charge on any atom is -0.380 e. The Bertz CT molecular complexity index is 1030. The van der Waals surface area contributed by atoms with Gasteiger partial charge in [0.15, 0.2) is 0 Å². The average molecular weight is 424 g/mol. The fraction of sp³-hybridized carbons (Fsp3) is 0.542. The molecule has 164 valence electrons. The van der Waals surface area contributed by atoms with Crippen molar-refractivity contribution in [3.05, 3.63) is 50.3 Å². The van der Waals surface area contributed by atoms with E-state index in [-0.39, 0.29) is 17.3 Å². The van der Waals surface area contributed by atoms with E-state index in [9.17, 15) is 14.4 Å². The number of nitrogens with one attached hydrogen (secondary N) is 1. The average Bonchev–Trinajstić information content (AvgIpc) is 3.26. The summed E-state index contributed by atoms with van der Waals surface area (Å²) in [7, 11) is 0. The van der Waals surface area contributed by atoms with Gasteiger partial charge in [-0.3, -0.25) is 14.4 Å². The van der Waals surface area contributed by atoms with Crippen LogP contribution in [0.4, 0.5) is 17.1 Å². The summed E-state index contributed by atoms with van der Waals surface area (Å²) in [4.78, 5) is 41.2. The molecule has 0 radical (unpaired) electrons.